The van der Waals surface area contributed by atoms with E-state index in [1.807, 2.05) is 67.6 Å². The largest absolute Gasteiger partial charge is 0.487 e. The molecule has 0 spiro atoms. The zero-order valence-electron chi connectivity index (χ0n) is 28.1. The van der Waals surface area contributed by atoms with E-state index in [0.717, 1.165) is 38.7 Å². The Balaban J connectivity index is 1.27. The van der Waals surface area contributed by atoms with Crippen LogP contribution in [-0.2, 0) is 20.7 Å². The van der Waals surface area contributed by atoms with Crippen molar-refractivity contribution in [2.45, 2.75) is 56.6 Å². The van der Waals surface area contributed by atoms with Crippen molar-refractivity contribution in [3.63, 3.8) is 0 Å². The first-order valence-electron chi connectivity index (χ1n) is 16.4. The van der Waals surface area contributed by atoms with Crippen molar-refractivity contribution < 1.29 is 19.1 Å². The van der Waals surface area contributed by atoms with E-state index < -0.39 is 22.5 Å². The highest BCUT2D eigenvalue weighted by Crippen LogP contribution is 2.48. The predicted molar refractivity (Wildman–Crippen MR) is 195 cm³/mol. The van der Waals surface area contributed by atoms with Crippen molar-refractivity contribution in [3.05, 3.63) is 147 Å². The van der Waals surface area contributed by atoms with E-state index in [1.54, 1.807) is 38.6 Å². The van der Waals surface area contributed by atoms with Gasteiger partial charge in [0.05, 0.1) is 16.8 Å². The van der Waals surface area contributed by atoms with Gasteiger partial charge in [-0.2, -0.15) is 0 Å². The van der Waals surface area contributed by atoms with Crippen molar-refractivity contribution >= 4 is 34.7 Å². The third kappa shape index (κ3) is 7.52. The van der Waals surface area contributed by atoms with Gasteiger partial charge < -0.3 is 25.1 Å². The topological polar surface area (TPSA) is 110 Å². The molecular weight excluding hydrogens is 635 g/mol. The smallest absolute Gasteiger partial charge is 0.408 e. The van der Waals surface area contributed by atoms with Crippen molar-refractivity contribution in [3.8, 4) is 5.75 Å². The molecule has 1 aromatic heterocycles. The third-order valence-electron chi connectivity index (χ3n) is 8.49. The van der Waals surface area contributed by atoms with Gasteiger partial charge in [0.15, 0.2) is 0 Å². The number of amides is 2. The lowest BCUT2D eigenvalue weighted by atomic mass is 9.84. The summed E-state index contributed by atoms with van der Waals surface area (Å²) in [5, 5.41) is 6.75. The van der Waals surface area contributed by atoms with E-state index in [4.69, 9.17) is 9.47 Å². The average molecular weight is 676 g/mol. The summed E-state index contributed by atoms with van der Waals surface area (Å²) >= 11 is 1.59. The van der Waals surface area contributed by atoms with Gasteiger partial charge in [-0.25, -0.2) is 4.79 Å². The first-order valence-corrected chi connectivity index (χ1v) is 17.4. The van der Waals surface area contributed by atoms with Crippen molar-refractivity contribution in [2.75, 3.05) is 12.3 Å². The highest BCUT2D eigenvalue weighted by molar-refractivity contribution is 8.00. The summed E-state index contributed by atoms with van der Waals surface area (Å²) in [5.41, 5.74) is 4.96. The maximum absolute atomic E-state index is 14.0. The van der Waals surface area contributed by atoms with Crippen LogP contribution in [-0.4, -0.2) is 47.0 Å². The molecule has 1 aliphatic rings. The summed E-state index contributed by atoms with van der Waals surface area (Å²) in [6.45, 7) is 7.56. The molecule has 2 heterocycles. The lowest BCUT2D eigenvalue weighted by molar-refractivity contribution is -0.123. The first-order chi connectivity index (χ1) is 23.5. The Hall–Kier alpha value is -5.02. The number of nitrogens with one attached hydrogen (secondary N) is 3. The minimum Gasteiger partial charge on any atom is -0.487 e. The van der Waals surface area contributed by atoms with Crippen LogP contribution in [0.25, 0.3) is 10.9 Å². The van der Waals surface area contributed by atoms with E-state index in [0.29, 0.717) is 12.2 Å². The van der Waals surface area contributed by atoms with Crippen LogP contribution in [0.2, 0.25) is 0 Å². The maximum atomic E-state index is 14.0. The quantitative estimate of drug-likeness (QED) is 0.139. The number of aryl methyl sites for hydroxylation is 1. The second-order valence-corrected chi connectivity index (χ2v) is 14.5. The van der Waals surface area contributed by atoms with E-state index in [-0.39, 0.29) is 29.9 Å². The van der Waals surface area contributed by atoms with E-state index in [9.17, 15) is 14.4 Å². The number of carbonyl (C=O) groups excluding carboxylic acids is 2. The molecule has 0 aliphatic carbocycles. The number of benzene rings is 4. The molecule has 2 atom stereocenters. The monoisotopic (exact) mass is 675 g/mol. The minimum absolute atomic E-state index is 0.172. The maximum Gasteiger partial charge on any atom is 0.408 e. The molecule has 3 N–H and O–H groups in total. The molecule has 5 aromatic rings. The van der Waals surface area contributed by atoms with Crippen molar-refractivity contribution in [2.24, 2.45) is 0 Å². The summed E-state index contributed by atoms with van der Waals surface area (Å²) < 4.78 is 11.2. The molecule has 0 bridgehead atoms. The number of rotatable bonds is 10. The fraction of sp³-hybridized carbons (Fsp3) is 0.275. The number of hydrogen-bond acceptors (Lipinski definition) is 6. The van der Waals surface area contributed by atoms with Gasteiger partial charge >= 0.3 is 6.09 Å². The summed E-state index contributed by atoms with van der Waals surface area (Å²) in [7, 11) is 0. The lowest BCUT2D eigenvalue weighted by Crippen LogP contribution is -2.51. The van der Waals surface area contributed by atoms with Gasteiger partial charge in [-0.3, -0.25) is 9.59 Å². The Kier molecular flexibility index (Phi) is 9.83. The molecule has 2 unspecified atom stereocenters. The van der Waals surface area contributed by atoms with Crippen molar-refractivity contribution in [1.82, 2.24) is 15.6 Å². The van der Waals surface area contributed by atoms with Gasteiger partial charge in [0.2, 0.25) is 11.5 Å². The van der Waals surface area contributed by atoms with Crippen LogP contribution < -0.4 is 20.9 Å². The minimum atomic E-state index is -0.924. The molecule has 4 aromatic carbocycles. The second-order valence-electron chi connectivity index (χ2n) is 13.3. The number of hydrogen-bond donors (Lipinski definition) is 3. The number of ether oxygens (including phenoxy) is 2. The van der Waals surface area contributed by atoms with Gasteiger partial charge in [0.25, 0.3) is 0 Å². The predicted octanol–water partition coefficient (Wildman–Crippen LogP) is 6.87. The molecule has 8 nitrogen and oxygen atoms in total. The van der Waals surface area contributed by atoms with E-state index >= 15 is 0 Å². The van der Waals surface area contributed by atoms with E-state index in [2.05, 4.69) is 52.0 Å². The van der Waals surface area contributed by atoms with Crippen LogP contribution in [0.5, 0.6) is 5.75 Å². The van der Waals surface area contributed by atoms with Crippen LogP contribution in [0, 0.1) is 6.92 Å². The summed E-state index contributed by atoms with van der Waals surface area (Å²) in [4.78, 5) is 42.0. The zero-order chi connectivity index (χ0) is 34.6. The second kappa shape index (κ2) is 14.2. The summed E-state index contributed by atoms with van der Waals surface area (Å²) in [6, 6.07) is 35.0. The molecule has 0 radical (unpaired) electrons. The highest BCUT2D eigenvalue weighted by atomic mass is 32.2. The number of thioether (sulfide) groups is 1. The van der Waals surface area contributed by atoms with Crippen LogP contribution >= 0.6 is 11.8 Å². The number of alkyl carbamates (subject to hydrolysis) is 1. The first kappa shape index (κ1) is 33.9. The molecule has 6 rings (SSSR count). The SMILES string of the molecule is Cc1cc2c(c3ccc(=O)[nH]c13)OC(CNC(=O)C(CSC(c1ccccc1)(c1ccccc1)c1ccccc1)NC(=O)OC(C)(C)C)C2. The van der Waals surface area contributed by atoms with Crippen LogP contribution in [0.15, 0.2) is 114 Å². The van der Waals surface area contributed by atoms with Gasteiger partial charge in [-0.1, -0.05) is 97.1 Å². The summed E-state index contributed by atoms with van der Waals surface area (Å²) in [5.74, 6) is 0.618. The molecular formula is C40H41N3O5S. The fourth-order valence-corrected chi connectivity index (χ4v) is 7.91. The average Bonchev–Trinajstić information content (AvgIpc) is 3.50. The Morgan fingerprint density at radius 3 is 2.02 bits per heavy atom. The molecule has 0 saturated carbocycles. The highest BCUT2D eigenvalue weighted by Gasteiger charge is 2.39. The number of aromatic amines is 1. The Bertz CT molecular complexity index is 1900. The molecule has 0 fully saturated rings. The number of H-pyrrole nitrogens is 1. The molecule has 2 amide bonds. The fourth-order valence-electron chi connectivity index (χ4n) is 6.35. The summed E-state index contributed by atoms with van der Waals surface area (Å²) in [6.07, 6.45) is -0.384. The van der Waals surface area contributed by atoms with Gasteiger partial charge in [0, 0.05) is 23.6 Å². The van der Waals surface area contributed by atoms with Crippen molar-refractivity contribution in [1.29, 1.82) is 0 Å². The van der Waals surface area contributed by atoms with Gasteiger partial charge in [-0.15, -0.1) is 11.8 Å². The number of pyridine rings is 1. The Morgan fingerprint density at radius 1 is 0.898 bits per heavy atom. The molecule has 252 valence electrons. The third-order valence-corrected chi connectivity index (χ3v) is 10.1. The zero-order valence-corrected chi connectivity index (χ0v) is 28.9. The lowest BCUT2D eigenvalue weighted by Gasteiger charge is -2.36. The van der Waals surface area contributed by atoms with Gasteiger partial charge in [0.1, 0.15) is 23.5 Å². The van der Waals surface area contributed by atoms with Crippen LogP contribution in [0.4, 0.5) is 4.79 Å². The molecule has 9 heteroatoms. The van der Waals surface area contributed by atoms with E-state index in [1.165, 1.54) is 6.07 Å². The van der Waals surface area contributed by atoms with Crippen LogP contribution in [0.1, 0.15) is 48.6 Å². The number of carbonyl (C=O) groups is 2. The van der Waals surface area contributed by atoms with Crippen LogP contribution in [0.3, 0.4) is 0 Å². The molecule has 49 heavy (non-hydrogen) atoms. The normalized spacial score (nSPS) is 14.8. The Labute approximate surface area is 290 Å². The number of aromatic nitrogens is 1. The Morgan fingerprint density at radius 2 is 1.47 bits per heavy atom. The molecule has 0 saturated heterocycles. The standard InChI is InChI=1S/C40H41N3O5S/c1-26-22-27-23-31(47-36(27)32-20-21-34(44)43-35(26)32)24-41-37(45)33(42-38(46)48-39(2,3)4)25-49-40(28-14-8-5-9-15-28,29-16-10-6-11-17-29)30-18-12-7-13-19-30/h5-22,31,33H,23-25H2,1-4H3,(H,41,45)(H,42,46)(H,43,44). The molecule has 1 aliphatic heterocycles. The van der Waals surface area contributed by atoms with Gasteiger partial charge in [-0.05, 0) is 61.6 Å². The number of fused-ring (bicyclic) bond motifs is 3.